The Labute approximate surface area is 120 Å². The predicted molar refractivity (Wildman–Crippen MR) is 74.8 cm³/mol. The standard InChI is InChI=1S/C15H28F3NO/c1-13(2,3)19-12-14(8-6-4-5-7-9-14)20-11-10-15(16,17)18/h19H,4-12H2,1-3H3. The molecule has 0 aromatic rings. The molecule has 0 aromatic carbocycles. The minimum absolute atomic E-state index is 0.0489. The molecule has 0 saturated heterocycles. The van der Waals surface area contributed by atoms with E-state index in [9.17, 15) is 13.2 Å². The number of alkyl halides is 3. The van der Waals surface area contributed by atoms with Crippen LogP contribution in [-0.4, -0.2) is 30.5 Å². The maximum Gasteiger partial charge on any atom is 0.391 e. The van der Waals surface area contributed by atoms with Crippen molar-refractivity contribution in [1.82, 2.24) is 5.32 Å². The summed E-state index contributed by atoms with van der Waals surface area (Å²) in [4.78, 5) is 0. The van der Waals surface area contributed by atoms with E-state index in [0.717, 1.165) is 38.5 Å². The fraction of sp³-hybridized carbons (Fsp3) is 1.00. The van der Waals surface area contributed by atoms with Crippen molar-refractivity contribution in [3.05, 3.63) is 0 Å². The van der Waals surface area contributed by atoms with Crippen molar-refractivity contribution < 1.29 is 17.9 Å². The Morgan fingerprint density at radius 3 is 2.00 bits per heavy atom. The lowest BCUT2D eigenvalue weighted by Gasteiger charge is -2.36. The summed E-state index contributed by atoms with van der Waals surface area (Å²) in [6.45, 7) is 6.59. The summed E-state index contributed by atoms with van der Waals surface area (Å²) >= 11 is 0. The summed E-state index contributed by atoms with van der Waals surface area (Å²) in [5, 5.41) is 3.40. The Bertz CT molecular complexity index is 276. The predicted octanol–water partition coefficient (Wildman–Crippen LogP) is 4.44. The van der Waals surface area contributed by atoms with Crippen molar-refractivity contribution >= 4 is 0 Å². The molecule has 0 bridgehead atoms. The normalized spacial score (nSPS) is 20.7. The SMILES string of the molecule is CC(C)(C)NCC1(OCCC(F)(F)F)CCCCCC1. The molecule has 0 unspecified atom stereocenters. The van der Waals surface area contributed by atoms with Gasteiger partial charge in [0.15, 0.2) is 0 Å². The average molecular weight is 295 g/mol. The number of halogens is 3. The number of nitrogens with one attached hydrogen (secondary N) is 1. The lowest BCUT2D eigenvalue weighted by atomic mass is 9.92. The highest BCUT2D eigenvalue weighted by atomic mass is 19.4. The Kier molecular flexibility index (Phi) is 6.32. The zero-order valence-electron chi connectivity index (χ0n) is 12.9. The van der Waals surface area contributed by atoms with Crippen LogP contribution in [0, 0.1) is 0 Å². The molecule has 0 heterocycles. The van der Waals surface area contributed by atoms with Gasteiger partial charge in [0.25, 0.3) is 0 Å². The van der Waals surface area contributed by atoms with Crippen molar-refractivity contribution in [3.8, 4) is 0 Å². The second kappa shape index (κ2) is 7.12. The molecule has 0 amide bonds. The van der Waals surface area contributed by atoms with Gasteiger partial charge < -0.3 is 10.1 Å². The van der Waals surface area contributed by atoms with Crippen LogP contribution in [0.25, 0.3) is 0 Å². The second-order valence-corrected chi connectivity index (χ2v) is 6.91. The van der Waals surface area contributed by atoms with E-state index in [-0.39, 0.29) is 12.1 Å². The zero-order chi connectivity index (χ0) is 15.3. The molecule has 0 radical (unpaired) electrons. The third-order valence-electron chi connectivity index (χ3n) is 3.75. The fourth-order valence-electron chi connectivity index (χ4n) is 2.55. The van der Waals surface area contributed by atoms with Crippen LogP contribution in [0.15, 0.2) is 0 Å². The van der Waals surface area contributed by atoms with Crippen LogP contribution in [0.3, 0.4) is 0 Å². The van der Waals surface area contributed by atoms with Crippen LogP contribution in [0.5, 0.6) is 0 Å². The maximum absolute atomic E-state index is 12.3. The molecule has 5 heteroatoms. The summed E-state index contributed by atoms with van der Waals surface area (Å²) < 4.78 is 42.6. The van der Waals surface area contributed by atoms with Gasteiger partial charge in [0, 0.05) is 12.1 Å². The largest absolute Gasteiger partial charge is 0.391 e. The number of rotatable bonds is 5. The van der Waals surface area contributed by atoms with Gasteiger partial charge in [0.1, 0.15) is 0 Å². The van der Waals surface area contributed by atoms with Crippen LogP contribution in [0.2, 0.25) is 0 Å². The van der Waals surface area contributed by atoms with Crippen molar-refractivity contribution in [1.29, 1.82) is 0 Å². The topological polar surface area (TPSA) is 21.3 Å². The molecule has 1 saturated carbocycles. The van der Waals surface area contributed by atoms with Crippen LogP contribution in [0.1, 0.15) is 65.7 Å². The van der Waals surface area contributed by atoms with Gasteiger partial charge in [-0.2, -0.15) is 13.2 Å². The number of hydrogen-bond donors (Lipinski definition) is 1. The molecule has 0 atom stereocenters. The van der Waals surface area contributed by atoms with E-state index in [0.29, 0.717) is 6.54 Å². The molecular formula is C15H28F3NO. The van der Waals surface area contributed by atoms with E-state index in [2.05, 4.69) is 26.1 Å². The van der Waals surface area contributed by atoms with Gasteiger partial charge in [-0.3, -0.25) is 0 Å². The Balaban J connectivity index is 2.58. The van der Waals surface area contributed by atoms with Gasteiger partial charge in [-0.1, -0.05) is 25.7 Å². The van der Waals surface area contributed by atoms with E-state index in [4.69, 9.17) is 4.74 Å². The quantitative estimate of drug-likeness (QED) is 0.757. The molecule has 1 fully saturated rings. The van der Waals surface area contributed by atoms with E-state index in [1.54, 1.807) is 0 Å². The molecular weight excluding hydrogens is 267 g/mol. The highest BCUT2D eigenvalue weighted by molar-refractivity contribution is 4.88. The number of ether oxygens (including phenoxy) is 1. The third kappa shape index (κ3) is 7.48. The lowest BCUT2D eigenvalue weighted by molar-refractivity contribution is -0.160. The minimum atomic E-state index is -4.14. The number of hydrogen-bond acceptors (Lipinski definition) is 2. The Morgan fingerprint density at radius 1 is 1.00 bits per heavy atom. The lowest BCUT2D eigenvalue weighted by Crippen LogP contribution is -2.49. The van der Waals surface area contributed by atoms with Crippen molar-refractivity contribution in [2.75, 3.05) is 13.2 Å². The van der Waals surface area contributed by atoms with Crippen LogP contribution in [-0.2, 0) is 4.74 Å². The minimum Gasteiger partial charge on any atom is -0.373 e. The van der Waals surface area contributed by atoms with Crippen LogP contribution < -0.4 is 5.32 Å². The van der Waals surface area contributed by atoms with E-state index in [1.165, 1.54) is 0 Å². The monoisotopic (exact) mass is 295 g/mol. The summed E-state index contributed by atoms with van der Waals surface area (Å²) in [6.07, 6.45) is 1.10. The van der Waals surface area contributed by atoms with Gasteiger partial charge in [0.05, 0.1) is 18.6 Å². The molecule has 0 aliphatic heterocycles. The first-order valence-electron chi connectivity index (χ1n) is 7.58. The fourth-order valence-corrected chi connectivity index (χ4v) is 2.55. The first-order valence-corrected chi connectivity index (χ1v) is 7.58. The van der Waals surface area contributed by atoms with Crippen LogP contribution >= 0.6 is 0 Å². The molecule has 1 aliphatic rings. The first-order chi connectivity index (χ1) is 9.12. The second-order valence-electron chi connectivity index (χ2n) is 6.91. The van der Waals surface area contributed by atoms with Gasteiger partial charge in [-0.25, -0.2) is 0 Å². The first kappa shape index (κ1) is 17.8. The van der Waals surface area contributed by atoms with E-state index < -0.39 is 18.2 Å². The summed E-state index contributed by atoms with van der Waals surface area (Å²) in [5.74, 6) is 0. The van der Waals surface area contributed by atoms with Gasteiger partial charge in [-0.15, -0.1) is 0 Å². The molecule has 1 N–H and O–H groups in total. The highest BCUT2D eigenvalue weighted by Crippen LogP contribution is 2.32. The van der Waals surface area contributed by atoms with Gasteiger partial charge >= 0.3 is 6.18 Å². The Morgan fingerprint density at radius 2 is 1.55 bits per heavy atom. The molecule has 0 spiro atoms. The van der Waals surface area contributed by atoms with Crippen molar-refractivity contribution in [2.45, 2.75) is 83.0 Å². The molecule has 20 heavy (non-hydrogen) atoms. The van der Waals surface area contributed by atoms with Crippen molar-refractivity contribution in [3.63, 3.8) is 0 Å². The average Bonchev–Trinajstić information content (AvgIpc) is 2.50. The van der Waals surface area contributed by atoms with E-state index in [1.807, 2.05) is 0 Å². The molecule has 0 aromatic heterocycles. The van der Waals surface area contributed by atoms with Gasteiger partial charge in [0.2, 0.25) is 0 Å². The molecule has 2 nitrogen and oxygen atoms in total. The molecule has 120 valence electrons. The Hall–Kier alpha value is -0.290. The van der Waals surface area contributed by atoms with Crippen molar-refractivity contribution in [2.24, 2.45) is 0 Å². The highest BCUT2D eigenvalue weighted by Gasteiger charge is 2.35. The van der Waals surface area contributed by atoms with E-state index >= 15 is 0 Å². The molecule has 1 rings (SSSR count). The third-order valence-corrected chi connectivity index (χ3v) is 3.75. The summed E-state index contributed by atoms with van der Waals surface area (Å²) in [5.41, 5.74) is -0.471. The molecule has 1 aliphatic carbocycles. The summed E-state index contributed by atoms with van der Waals surface area (Å²) in [7, 11) is 0. The van der Waals surface area contributed by atoms with Gasteiger partial charge in [-0.05, 0) is 33.6 Å². The maximum atomic E-state index is 12.3. The zero-order valence-corrected chi connectivity index (χ0v) is 12.9. The smallest absolute Gasteiger partial charge is 0.373 e. The van der Waals surface area contributed by atoms with Crippen LogP contribution in [0.4, 0.5) is 13.2 Å². The summed E-state index contributed by atoms with van der Waals surface area (Å²) in [6, 6.07) is 0.